The average Bonchev–Trinajstić information content (AvgIpc) is 2.63. The Hall–Kier alpha value is -1.10. The summed E-state index contributed by atoms with van der Waals surface area (Å²) in [4.78, 5) is 2.30. The van der Waals surface area contributed by atoms with Crippen molar-refractivity contribution in [1.82, 2.24) is 15.4 Å². The minimum atomic E-state index is 0.710. The van der Waals surface area contributed by atoms with Gasteiger partial charge in [0.05, 0.1) is 5.69 Å². The molecule has 4 heteroatoms. The molecule has 2 aliphatic rings. The molecule has 0 radical (unpaired) electrons. The molecular formula is C20H34N4. The van der Waals surface area contributed by atoms with Crippen molar-refractivity contribution < 1.29 is 0 Å². The summed E-state index contributed by atoms with van der Waals surface area (Å²) in [5.74, 6) is 0.744. The zero-order valence-electron chi connectivity index (χ0n) is 15.5. The summed E-state index contributed by atoms with van der Waals surface area (Å²) in [7, 11) is 4.35. The van der Waals surface area contributed by atoms with Crippen molar-refractivity contribution in [3.05, 3.63) is 30.3 Å². The Morgan fingerprint density at radius 1 is 1.04 bits per heavy atom. The number of nitrogens with zero attached hydrogens (tertiary/aromatic N) is 3. The fourth-order valence-corrected chi connectivity index (χ4v) is 4.10. The molecule has 0 amide bonds. The standard InChI is InChI=1S/C20H34N4/c1-22(2)15-9-10-18-16-23(19-11-5-3-6-12-19)21-24(17-18)20-13-7-4-8-14-20/h3,5-6,11-12,18,20-21H,4,7-10,13-17H2,1-2H3. The van der Waals surface area contributed by atoms with Crippen molar-refractivity contribution in [2.45, 2.75) is 51.0 Å². The highest BCUT2D eigenvalue weighted by molar-refractivity contribution is 5.44. The Morgan fingerprint density at radius 2 is 1.79 bits per heavy atom. The van der Waals surface area contributed by atoms with Gasteiger partial charge in [0.25, 0.3) is 0 Å². The van der Waals surface area contributed by atoms with Gasteiger partial charge in [0.2, 0.25) is 0 Å². The van der Waals surface area contributed by atoms with Gasteiger partial charge in [-0.05, 0) is 64.4 Å². The molecule has 1 aliphatic heterocycles. The van der Waals surface area contributed by atoms with E-state index < -0.39 is 0 Å². The molecule has 1 aromatic rings. The Kier molecular flexibility index (Phi) is 6.52. The average molecular weight is 331 g/mol. The van der Waals surface area contributed by atoms with Crippen LogP contribution in [0.25, 0.3) is 0 Å². The van der Waals surface area contributed by atoms with E-state index in [0.29, 0.717) is 6.04 Å². The molecule has 1 aromatic carbocycles. The fourth-order valence-electron chi connectivity index (χ4n) is 4.10. The van der Waals surface area contributed by atoms with Gasteiger partial charge < -0.3 is 4.90 Å². The third-order valence-corrected chi connectivity index (χ3v) is 5.45. The monoisotopic (exact) mass is 330 g/mol. The number of para-hydroxylation sites is 1. The number of benzene rings is 1. The smallest absolute Gasteiger partial charge is 0.0533 e. The quantitative estimate of drug-likeness (QED) is 0.861. The lowest BCUT2D eigenvalue weighted by molar-refractivity contribution is 0.0409. The summed E-state index contributed by atoms with van der Waals surface area (Å²) < 4.78 is 0. The Labute approximate surface area is 147 Å². The highest BCUT2D eigenvalue weighted by atomic mass is 15.8. The maximum atomic E-state index is 3.72. The van der Waals surface area contributed by atoms with E-state index in [1.54, 1.807) is 0 Å². The number of hydrazine groups is 2. The first-order valence-electron chi connectivity index (χ1n) is 9.72. The lowest BCUT2D eigenvalue weighted by Crippen LogP contribution is -2.62. The second-order valence-electron chi connectivity index (χ2n) is 7.80. The third-order valence-electron chi connectivity index (χ3n) is 5.45. The molecule has 1 atom stereocenters. The van der Waals surface area contributed by atoms with Gasteiger partial charge in [-0.3, -0.25) is 5.01 Å². The van der Waals surface area contributed by atoms with Gasteiger partial charge in [0.15, 0.2) is 0 Å². The first-order valence-corrected chi connectivity index (χ1v) is 9.72. The largest absolute Gasteiger partial charge is 0.309 e. The van der Waals surface area contributed by atoms with Crippen LogP contribution in [0.5, 0.6) is 0 Å². The number of hydrogen-bond acceptors (Lipinski definition) is 4. The van der Waals surface area contributed by atoms with Gasteiger partial charge in [-0.15, -0.1) is 0 Å². The van der Waals surface area contributed by atoms with Crippen molar-refractivity contribution in [3.8, 4) is 0 Å². The molecule has 0 aromatic heterocycles. The topological polar surface area (TPSA) is 21.8 Å². The van der Waals surface area contributed by atoms with E-state index in [1.807, 2.05) is 0 Å². The summed E-state index contributed by atoms with van der Waals surface area (Å²) in [6.07, 6.45) is 9.49. The van der Waals surface area contributed by atoms with Crippen molar-refractivity contribution in [3.63, 3.8) is 0 Å². The molecule has 3 rings (SSSR count). The van der Waals surface area contributed by atoms with Gasteiger partial charge >= 0.3 is 0 Å². The number of hydrogen-bond donors (Lipinski definition) is 1. The van der Waals surface area contributed by atoms with E-state index in [-0.39, 0.29) is 0 Å². The predicted molar refractivity (Wildman–Crippen MR) is 102 cm³/mol. The van der Waals surface area contributed by atoms with Crippen molar-refractivity contribution >= 4 is 5.69 Å². The van der Waals surface area contributed by atoms with Crippen LogP contribution in [0.1, 0.15) is 44.9 Å². The Bertz CT molecular complexity index is 470. The molecule has 1 saturated carbocycles. The molecular weight excluding hydrogens is 296 g/mol. The Morgan fingerprint density at radius 3 is 2.50 bits per heavy atom. The van der Waals surface area contributed by atoms with Crippen LogP contribution < -0.4 is 10.5 Å². The molecule has 24 heavy (non-hydrogen) atoms. The highest BCUT2D eigenvalue weighted by Crippen LogP contribution is 2.27. The molecule has 1 N–H and O–H groups in total. The maximum absolute atomic E-state index is 3.72. The van der Waals surface area contributed by atoms with Crippen LogP contribution in [-0.4, -0.2) is 49.7 Å². The minimum Gasteiger partial charge on any atom is -0.309 e. The minimum absolute atomic E-state index is 0.710. The van der Waals surface area contributed by atoms with Crippen LogP contribution >= 0.6 is 0 Å². The molecule has 2 fully saturated rings. The third kappa shape index (κ3) is 4.95. The molecule has 134 valence electrons. The molecule has 1 saturated heterocycles. The van der Waals surface area contributed by atoms with E-state index >= 15 is 0 Å². The summed E-state index contributed by atoms with van der Waals surface area (Å²) in [6.45, 7) is 3.50. The van der Waals surface area contributed by atoms with Crippen molar-refractivity contribution in [2.75, 3.05) is 38.7 Å². The summed E-state index contributed by atoms with van der Waals surface area (Å²) in [5.41, 5.74) is 5.01. The second-order valence-corrected chi connectivity index (χ2v) is 7.80. The van der Waals surface area contributed by atoms with Gasteiger partial charge in [0.1, 0.15) is 0 Å². The van der Waals surface area contributed by atoms with E-state index in [0.717, 1.165) is 12.5 Å². The van der Waals surface area contributed by atoms with Gasteiger partial charge in [-0.25, -0.2) is 5.01 Å². The number of rotatable bonds is 6. The highest BCUT2D eigenvalue weighted by Gasteiger charge is 2.30. The van der Waals surface area contributed by atoms with Gasteiger partial charge in [0, 0.05) is 19.1 Å². The van der Waals surface area contributed by atoms with Crippen molar-refractivity contribution in [2.24, 2.45) is 5.92 Å². The molecule has 1 heterocycles. The van der Waals surface area contributed by atoms with Crippen LogP contribution in [0.4, 0.5) is 5.69 Å². The molecule has 1 unspecified atom stereocenters. The first kappa shape index (κ1) is 17.7. The van der Waals surface area contributed by atoms with E-state index in [4.69, 9.17) is 0 Å². The molecule has 1 aliphatic carbocycles. The number of anilines is 1. The van der Waals surface area contributed by atoms with E-state index in [9.17, 15) is 0 Å². The lowest BCUT2D eigenvalue weighted by Gasteiger charge is -2.46. The van der Waals surface area contributed by atoms with E-state index in [2.05, 4.69) is 64.9 Å². The van der Waals surface area contributed by atoms with Crippen LogP contribution in [0, 0.1) is 5.92 Å². The normalized spacial score (nSPS) is 23.8. The lowest BCUT2D eigenvalue weighted by atomic mass is 9.93. The summed E-state index contributed by atoms with van der Waals surface area (Å²) >= 11 is 0. The molecule has 0 spiro atoms. The zero-order chi connectivity index (χ0) is 16.8. The fraction of sp³-hybridized carbons (Fsp3) is 0.700. The van der Waals surface area contributed by atoms with Crippen LogP contribution in [0.3, 0.4) is 0 Å². The SMILES string of the molecule is CN(C)CCCC1CN(c2ccccc2)NN(C2CCCCC2)C1. The van der Waals surface area contributed by atoms with Crippen LogP contribution in [-0.2, 0) is 0 Å². The van der Waals surface area contributed by atoms with Crippen LogP contribution in [0.15, 0.2) is 30.3 Å². The Balaban J connectivity index is 1.65. The maximum Gasteiger partial charge on any atom is 0.0533 e. The first-order chi connectivity index (χ1) is 11.7. The van der Waals surface area contributed by atoms with Gasteiger partial charge in [-0.2, -0.15) is 5.53 Å². The van der Waals surface area contributed by atoms with Gasteiger partial charge in [-0.1, -0.05) is 37.5 Å². The van der Waals surface area contributed by atoms with Crippen LogP contribution in [0.2, 0.25) is 0 Å². The number of nitrogens with one attached hydrogen (secondary N) is 1. The molecule has 0 bridgehead atoms. The summed E-state index contributed by atoms with van der Waals surface area (Å²) in [5, 5.41) is 4.93. The van der Waals surface area contributed by atoms with E-state index in [1.165, 1.54) is 63.7 Å². The second kappa shape index (κ2) is 8.84. The molecule has 4 nitrogen and oxygen atoms in total. The summed E-state index contributed by atoms with van der Waals surface area (Å²) in [6, 6.07) is 11.5. The zero-order valence-corrected chi connectivity index (χ0v) is 15.5. The van der Waals surface area contributed by atoms with Crippen molar-refractivity contribution in [1.29, 1.82) is 0 Å². The predicted octanol–water partition coefficient (Wildman–Crippen LogP) is 3.52.